The Bertz CT molecular complexity index is 695. The van der Waals surface area contributed by atoms with Crippen molar-refractivity contribution in [3.8, 4) is 0 Å². The molecule has 0 fully saturated rings. The van der Waals surface area contributed by atoms with Crippen molar-refractivity contribution in [2.24, 2.45) is 0 Å². The van der Waals surface area contributed by atoms with Crippen molar-refractivity contribution in [3.63, 3.8) is 0 Å². The van der Waals surface area contributed by atoms with E-state index in [9.17, 15) is 9.59 Å². The smallest absolute Gasteiger partial charge is 0.266 e. The van der Waals surface area contributed by atoms with Crippen LogP contribution in [0.1, 0.15) is 20.7 Å². The lowest BCUT2D eigenvalue weighted by Crippen LogP contribution is -2.29. The molecule has 2 N–H and O–H groups in total. The van der Waals surface area contributed by atoms with Crippen molar-refractivity contribution >= 4 is 34.8 Å². The molecule has 0 bridgehead atoms. The normalized spacial score (nSPS) is 13.8. The quantitative estimate of drug-likeness (QED) is 0.641. The van der Waals surface area contributed by atoms with E-state index in [1.54, 1.807) is 36.4 Å². The summed E-state index contributed by atoms with van der Waals surface area (Å²) in [5, 5.41) is 0.430. The molecule has 3 rings (SSSR count). The van der Waals surface area contributed by atoms with E-state index < -0.39 is 0 Å². The van der Waals surface area contributed by atoms with E-state index in [1.165, 1.54) is 6.07 Å². The van der Waals surface area contributed by atoms with Gasteiger partial charge in [0.25, 0.3) is 11.8 Å². The first-order chi connectivity index (χ1) is 9.08. The highest BCUT2D eigenvalue weighted by molar-refractivity contribution is 6.36. The first kappa shape index (κ1) is 11.7. The zero-order chi connectivity index (χ0) is 13.6. The van der Waals surface area contributed by atoms with E-state index in [0.29, 0.717) is 27.5 Å². The Hall–Kier alpha value is -2.33. The summed E-state index contributed by atoms with van der Waals surface area (Å²) in [5.74, 6) is -0.714. The van der Waals surface area contributed by atoms with Crippen LogP contribution in [0.25, 0.3) is 0 Å². The van der Waals surface area contributed by atoms with Gasteiger partial charge in [-0.15, -0.1) is 0 Å². The predicted octanol–water partition coefficient (Wildman–Crippen LogP) is 2.72. The molecule has 0 aliphatic carbocycles. The minimum atomic E-state index is -0.368. The fraction of sp³-hybridized carbons (Fsp3) is 0. The van der Waals surface area contributed by atoms with E-state index in [2.05, 4.69) is 0 Å². The average molecular weight is 273 g/mol. The standard InChI is InChI=1S/C14H9ClN2O2/c15-8-1-6-11-12(7-8)14(19)17(13(11)18)10-4-2-9(16)3-5-10/h1-7H,16H2. The summed E-state index contributed by atoms with van der Waals surface area (Å²) in [7, 11) is 0. The van der Waals surface area contributed by atoms with E-state index in [1.807, 2.05) is 0 Å². The van der Waals surface area contributed by atoms with Crippen molar-refractivity contribution in [2.75, 3.05) is 10.6 Å². The largest absolute Gasteiger partial charge is 0.399 e. The molecule has 0 saturated heterocycles. The predicted molar refractivity (Wildman–Crippen MR) is 73.4 cm³/mol. The third kappa shape index (κ3) is 1.77. The van der Waals surface area contributed by atoms with E-state index in [4.69, 9.17) is 17.3 Å². The van der Waals surface area contributed by atoms with Crippen LogP contribution in [0.2, 0.25) is 5.02 Å². The summed E-state index contributed by atoms with van der Waals surface area (Å²) in [6.07, 6.45) is 0. The van der Waals surface area contributed by atoms with Gasteiger partial charge in [-0.3, -0.25) is 9.59 Å². The Morgan fingerprint density at radius 1 is 0.895 bits per heavy atom. The van der Waals surface area contributed by atoms with Gasteiger partial charge in [-0.25, -0.2) is 4.90 Å². The molecule has 0 aromatic heterocycles. The lowest BCUT2D eigenvalue weighted by atomic mass is 10.1. The summed E-state index contributed by atoms with van der Waals surface area (Å²) in [6, 6.07) is 11.2. The Balaban J connectivity index is 2.10. The monoisotopic (exact) mass is 272 g/mol. The zero-order valence-electron chi connectivity index (χ0n) is 9.76. The molecule has 2 aromatic carbocycles. The molecule has 94 valence electrons. The molecule has 0 atom stereocenters. The average Bonchev–Trinajstić information content (AvgIpc) is 2.63. The highest BCUT2D eigenvalue weighted by Crippen LogP contribution is 2.30. The highest BCUT2D eigenvalue weighted by Gasteiger charge is 2.36. The van der Waals surface area contributed by atoms with Crippen molar-refractivity contribution in [1.82, 2.24) is 0 Å². The topological polar surface area (TPSA) is 63.4 Å². The number of carbonyl (C=O) groups excluding carboxylic acids is 2. The maximum Gasteiger partial charge on any atom is 0.266 e. The molecule has 4 nitrogen and oxygen atoms in total. The number of hydrogen-bond acceptors (Lipinski definition) is 3. The van der Waals surface area contributed by atoms with Crippen LogP contribution in [-0.2, 0) is 0 Å². The van der Waals surface area contributed by atoms with Crippen LogP contribution in [0.5, 0.6) is 0 Å². The first-order valence-electron chi connectivity index (χ1n) is 5.62. The number of hydrogen-bond donors (Lipinski definition) is 1. The number of anilines is 2. The fourth-order valence-corrected chi connectivity index (χ4v) is 2.24. The van der Waals surface area contributed by atoms with Gasteiger partial charge in [0.1, 0.15) is 0 Å². The highest BCUT2D eigenvalue weighted by atomic mass is 35.5. The molecule has 0 spiro atoms. The van der Waals surface area contributed by atoms with E-state index in [0.717, 1.165) is 4.90 Å². The van der Waals surface area contributed by atoms with Crippen LogP contribution in [-0.4, -0.2) is 11.8 Å². The van der Waals surface area contributed by atoms with Crippen LogP contribution in [0, 0.1) is 0 Å². The molecule has 1 aliphatic rings. The summed E-state index contributed by atoms with van der Waals surface area (Å²) in [5.41, 5.74) is 7.36. The minimum Gasteiger partial charge on any atom is -0.399 e. The molecule has 1 heterocycles. The molecule has 1 aliphatic heterocycles. The van der Waals surface area contributed by atoms with Crippen molar-refractivity contribution in [2.45, 2.75) is 0 Å². The Labute approximate surface area is 114 Å². The number of nitrogens with zero attached hydrogens (tertiary/aromatic N) is 1. The SMILES string of the molecule is Nc1ccc(N2C(=O)c3ccc(Cl)cc3C2=O)cc1. The maximum absolute atomic E-state index is 12.3. The van der Waals surface area contributed by atoms with Gasteiger partial charge in [-0.05, 0) is 42.5 Å². The van der Waals surface area contributed by atoms with Gasteiger partial charge < -0.3 is 5.73 Å². The number of imide groups is 1. The van der Waals surface area contributed by atoms with Crippen molar-refractivity contribution in [1.29, 1.82) is 0 Å². The molecule has 0 saturated carbocycles. The number of amides is 2. The fourth-order valence-electron chi connectivity index (χ4n) is 2.07. The minimum absolute atomic E-state index is 0.328. The van der Waals surface area contributed by atoms with Crippen LogP contribution in [0.15, 0.2) is 42.5 Å². The second-order valence-corrected chi connectivity index (χ2v) is 4.66. The molecular formula is C14H9ClN2O2. The van der Waals surface area contributed by atoms with Crippen molar-refractivity contribution < 1.29 is 9.59 Å². The first-order valence-corrected chi connectivity index (χ1v) is 5.99. The summed E-state index contributed by atoms with van der Waals surface area (Å²) >= 11 is 5.85. The Morgan fingerprint density at radius 3 is 2.21 bits per heavy atom. The van der Waals surface area contributed by atoms with Crippen LogP contribution < -0.4 is 10.6 Å². The maximum atomic E-state index is 12.3. The second-order valence-electron chi connectivity index (χ2n) is 4.23. The van der Waals surface area contributed by atoms with Crippen LogP contribution in [0.4, 0.5) is 11.4 Å². The van der Waals surface area contributed by atoms with Gasteiger partial charge in [-0.1, -0.05) is 11.6 Å². The van der Waals surface area contributed by atoms with Crippen molar-refractivity contribution in [3.05, 3.63) is 58.6 Å². The molecule has 0 radical (unpaired) electrons. The van der Waals surface area contributed by atoms with Gasteiger partial charge in [0.05, 0.1) is 16.8 Å². The zero-order valence-corrected chi connectivity index (χ0v) is 10.5. The number of fused-ring (bicyclic) bond motifs is 1. The molecule has 0 unspecified atom stereocenters. The van der Waals surface area contributed by atoms with Gasteiger partial charge in [0.2, 0.25) is 0 Å². The molecule has 19 heavy (non-hydrogen) atoms. The lowest BCUT2D eigenvalue weighted by molar-refractivity contribution is 0.0926. The number of carbonyl (C=O) groups is 2. The van der Waals surface area contributed by atoms with Crippen LogP contribution in [0.3, 0.4) is 0 Å². The number of nitrogens with two attached hydrogens (primary N) is 1. The Morgan fingerprint density at radius 2 is 1.53 bits per heavy atom. The van der Waals surface area contributed by atoms with Gasteiger partial charge in [0.15, 0.2) is 0 Å². The summed E-state index contributed by atoms with van der Waals surface area (Å²) in [6.45, 7) is 0. The third-order valence-corrected chi connectivity index (χ3v) is 3.23. The summed E-state index contributed by atoms with van der Waals surface area (Å²) < 4.78 is 0. The van der Waals surface area contributed by atoms with Gasteiger partial charge in [-0.2, -0.15) is 0 Å². The number of benzene rings is 2. The number of rotatable bonds is 1. The molecular weight excluding hydrogens is 264 g/mol. The van der Waals surface area contributed by atoms with E-state index in [-0.39, 0.29) is 11.8 Å². The van der Waals surface area contributed by atoms with E-state index >= 15 is 0 Å². The number of nitrogen functional groups attached to an aromatic ring is 1. The van der Waals surface area contributed by atoms with Gasteiger partial charge >= 0.3 is 0 Å². The lowest BCUT2D eigenvalue weighted by Gasteiger charge is -2.13. The van der Waals surface area contributed by atoms with Crippen LogP contribution >= 0.6 is 11.6 Å². The number of halogens is 1. The molecule has 5 heteroatoms. The summed E-state index contributed by atoms with van der Waals surface area (Å²) in [4.78, 5) is 25.6. The second kappa shape index (κ2) is 4.10. The third-order valence-electron chi connectivity index (χ3n) is 3.00. The molecule has 2 aromatic rings. The Kier molecular flexibility index (Phi) is 2.54. The molecule has 2 amide bonds. The van der Waals surface area contributed by atoms with Gasteiger partial charge in [0, 0.05) is 10.7 Å².